The van der Waals surface area contributed by atoms with Crippen molar-refractivity contribution in [1.29, 1.82) is 0 Å². The van der Waals surface area contributed by atoms with Gasteiger partial charge in [0.2, 0.25) is 11.8 Å². The first kappa shape index (κ1) is 23.5. The van der Waals surface area contributed by atoms with Crippen LogP contribution in [-0.4, -0.2) is 42.9 Å². The van der Waals surface area contributed by atoms with Crippen LogP contribution in [-0.2, 0) is 23.9 Å². The first-order valence-corrected chi connectivity index (χ1v) is 11.8. The van der Waals surface area contributed by atoms with E-state index in [9.17, 15) is 24.0 Å². The van der Waals surface area contributed by atoms with Gasteiger partial charge in [0.05, 0.1) is 35.3 Å². The molecule has 0 spiro atoms. The predicted molar refractivity (Wildman–Crippen MR) is 128 cm³/mol. The van der Waals surface area contributed by atoms with E-state index in [1.807, 2.05) is 12.2 Å². The summed E-state index contributed by atoms with van der Waals surface area (Å²) in [5.74, 6) is -2.45. The molecule has 0 unspecified atom stereocenters. The second-order valence-electron chi connectivity index (χ2n) is 8.98. The van der Waals surface area contributed by atoms with Crippen LogP contribution < -0.4 is 10.2 Å². The van der Waals surface area contributed by atoms with Gasteiger partial charge in [-0.15, -0.1) is 0 Å². The number of esters is 2. The molecule has 1 saturated heterocycles. The third kappa shape index (κ3) is 4.17. The summed E-state index contributed by atoms with van der Waals surface area (Å²) >= 11 is 0. The van der Waals surface area contributed by atoms with Gasteiger partial charge in [0.25, 0.3) is 5.91 Å². The van der Waals surface area contributed by atoms with Crippen LogP contribution in [0.4, 0.5) is 11.4 Å². The number of carbonyl (C=O) groups excluding carboxylic acids is 5. The van der Waals surface area contributed by atoms with Crippen molar-refractivity contribution >= 4 is 41.0 Å². The Morgan fingerprint density at radius 2 is 1.36 bits per heavy atom. The third-order valence-electron chi connectivity index (χ3n) is 6.85. The molecule has 36 heavy (non-hydrogen) atoms. The third-order valence-corrected chi connectivity index (χ3v) is 6.85. The fourth-order valence-electron chi connectivity index (χ4n) is 5.22. The lowest BCUT2D eigenvalue weighted by Crippen LogP contribution is -2.32. The molecule has 184 valence electrons. The number of imide groups is 1. The van der Waals surface area contributed by atoms with Gasteiger partial charge in [0.15, 0.2) is 6.61 Å². The molecule has 5 rings (SSSR count). The monoisotopic (exact) mass is 488 g/mol. The van der Waals surface area contributed by atoms with Crippen LogP contribution in [0.5, 0.6) is 0 Å². The number of amides is 3. The van der Waals surface area contributed by atoms with Crippen molar-refractivity contribution in [3.05, 3.63) is 71.8 Å². The van der Waals surface area contributed by atoms with E-state index in [2.05, 4.69) is 5.32 Å². The number of hydrogen-bond donors (Lipinski definition) is 1. The molecule has 3 amide bonds. The number of hydrogen-bond acceptors (Lipinski definition) is 7. The number of anilines is 2. The summed E-state index contributed by atoms with van der Waals surface area (Å²) in [5, 5.41) is 2.58. The number of allylic oxidation sites excluding steroid dienone is 2. The average molecular weight is 488 g/mol. The van der Waals surface area contributed by atoms with Crippen molar-refractivity contribution in [2.24, 2.45) is 23.7 Å². The molecule has 2 aromatic rings. The van der Waals surface area contributed by atoms with Crippen LogP contribution in [0.3, 0.4) is 0 Å². The van der Waals surface area contributed by atoms with E-state index in [4.69, 9.17) is 9.47 Å². The molecule has 0 radical (unpaired) electrons. The number of nitrogens with zero attached hydrogens (tertiary/aromatic N) is 1. The summed E-state index contributed by atoms with van der Waals surface area (Å²) in [6.07, 6.45) is 4.93. The molecule has 1 heterocycles. The number of carbonyl (C=O) groups is 5. The zero-order valence-electron chi connectivity index (χ0n) is 19.5. The summed E-state index contributed by atoms with van der Waals surface area (Å²) in [6.45, 7) is 1.46. The van der Waals surface area contributed by atoms with Crippen LogP contribution in [0.25, 0.3) is 0 Å². The van der Waals surface area contributed by atoms with Gasteiger partial charge in [-0.25, -0.2) is 9.59 Å². The van der Waals surface area contributed by atoms with Gasteiger partial charge in [-0.1, -0.05) is 12.2 Å². The Morgan fingerprint density at radius 3 is 1.92 bits per heavy atom. The molecule has 1 saturated carbocycles. The topological polar surface area (TPSA) is 119 Å². The molecule has 9 heteroatoms. The summed E-state index contributed by atoms with van der Waals surface area (Å²) in [4.78, 5) is 63.3. The predicted octanol–water partition coefficient (Wildman–Crippen LogP) is 2.97. The fraction of sp³-hybridized carbons (Fsp3) is 0.296. The summed E-state index contributed by atoms with van der Waals surface area (Å²) in [5.41, 5.74) is 1.39. The largest absolute Gasteiger partial charge is 0.462 e. The van der Waals surface area contributed by atoms with Crippen LogP contribution in [0.2, 0.25) is 0 Å². The Morgan fingerprint density at radius 1 is 0.833 bits per heavy atom. The minimum absolute atomic E-state index is 0.123. The normalized spacial score (nSPS) is 23.5. The second kappa shape index (κ2) is 9.41. The number of nitrogens with one attached hydrogen (secondary N) is 1. The smallest absolute Gasteiger partial charge is 0.338 e. The quantitative estimate of drug-likeness (QED) is 0.362. The van der Waals surface area contributed by atoms with E-state index in [0.29, 0.717) is 16.9 Å². The summed E-state index contributed by atoms with van der Waals surface area (Å²) < 4.78 is 9.99. The SMILES string of the molecule is CCOC(=O)c1ccc(NC(=O)COC(=O)c2ccc(N3C(=O)[C@H]4[C@H](C3=O)[C@H]3C=C[C@H]4C3)cc2)cc1. The zero-order chi connectivity index (χ0) is 25.4. The maximum absolute atomic E-state index is 12.9. The Balaban J connectivity index is 1.15. The molecule has 0 aromatic heterocycles. The minimum Gasteiger partial charge on any atom is -0.462 e. The van der Waals surface area contributed by atoms with Crippen LogP contribution in [0.15, 0.2) is 60.7 Å². The molecule has 2 aliphatic carbocycles. The first-order chi connectivity index (χ1) is 17.4. The van der Waals surface area contributed by atoms with Gasteiger partial charge in [-0.05, 0) is 73.7 Å². The summed E-state index contributed by atoms with van der Waals surface area (Å²) in [7, 11) is 0. The van der Waals surface area contributed by atoms with Gasteiger partial charge in [-0.3, -0.25) is 19.3 Å². The highest BCUT2D eigenvalue weighted by molar-refractivity contribution is 6.22. The van der Waals surface area contributed by atoms with Gasteiger partial charge >= 0.3 is 11.9 Å². The number of fused-ring (bicyclic) bond motifs is 5. The standard InChI is InChI=1S/C27H24N2O7/c1-2-35-26(33)15-5-9-19(10-6-15)28-21(30)14-36-27(34)16-7-11-20(12-8-16)29-24(31)22-17-3-4-18(13-17)23(22)25(29)32/h3-12,17-18,22-23H,2,13-14H2,1H3,(H,28,30)/t17-,18-,22+,23+/m0/s1. The van der Waals surface area contributed by atoms with Crippen molar-refractivity contribution in [3.8, 4) is 0 Å². The highest BCUT2D eigenvalue weighted by atomic mass is 16.5. The Hall–Kier alpha value is -4.27. The lowest BCUT2D eigenvalue weighted by Gasteiger charge is -2.17. The Bertz CT molecular complexity index is 1240. The van der Waals surface area contributed by atoms with Gasteiger partial charge in [0.1, 0.15) is 0 Å². The highest BCUT2D eigenvalue weighted by Crippen LogP contribution is 2.53. The molecule has 9 nitrogen and oxygen atoms in total. The number of benzene rings is 2. The molecule has 4 atom stereocenters. The zero-order valence-corrected chi connectivity index (χ0v) is 19.5. The Kier molecular flexibility index (Phi) is 6.13. The van der Waals surface area contributed by atoms with Gasteiger partial charge in [0, 0.05) is 5.69 Å². The highest BCUT2D eigenvalue weighted by Gasteiger charge is 2.59. The maximum atomic E-state index is 12.9. The van der Waals surface area contributed by atoms with Crippen LogP contribution >= 0.6 is 0 Å². The molecular formula is C27H24N2O7. The first-order valence-electron chi connectivity index (χ1n) is 11.8. The molecule has 2 aromatic carbocycles. The van der Waals surface area contributed by atoms with Crippen molar-refractivity contribution in [1.82, 2.24) is 0 Å². The molecule has 1 aliphatic heterocycles. The molecule has 2 fully saturated rings. The number of rotatable bonds is 7. The van der Waals surface area contributed by atoms with Crippen LogP contribution in [0.1, 0.15) is 34.1 Å². The average Bonchev–Trinajstić information content (AvgIpc) is 3.57. The van der Waals surface area contributed by atoms with Crippen molar-refractivity contribution in [2.45, 2.75) is 13.3 Å². The Labute approximate surface area is 207 Å². The second-order valence-corrected chi connectivity index (χ2v) is 8.98. The van der Waals surface area contributed by atoms with Crippen LogP contribution in [0, 0.1) is 23.7 Å². The summed E-state index contributed by atoms with van der Waals surface area (Å²) in [6, 6.07) is 12.1. The molecular weight excluding hydrogens is 464 g/mol. The fourth-order valence-corrected chi connectivity index (χ4v) is 5.22. The van der Waals surface area contributed by atoms with E-state index in [0.717, 1.165) is 6.42 Å². The van der Waals surface area contributed by atoms with E-state index in [-0.39, 0.29) is 47.7 Å². The van der Waals surface area contributed by atoms with Gasteiger partial charge < -0.3 is 14.8 Å². The van der Waals surface area contributed by atoms with Gasteiger partial charge in [-0.2, -0.15) is 0 Å². The maximum Gasteiger partial charge on any atom is 0.338 e. The molecule has 3 aliphatic rings. The molecule has 2 bridgehead atoms. The van der Waals surface area contributed by atoms with E-state index < -0.39 is 24.5 Å². The lowest BCUT2D eigenvalue weighted by molar-refractivity contribution is -0.123. The van der Waals surface area contributed by atoms with E-state index in [1.54, 1.807) is 19.1 Å². The van der Waals surface area contributed by atoms with Crippen molar-refractivity contribution in [2.75, 3.05) is 23.4 Å². The molecule has 1 N–H and O–H groups in total. The van der Waals surface area contributed by atoms with E-state index >= 15 is 0 Å². The van der Waals surface area contributed by atoms with Crippen molar-refractivity contribution in [3.63, 3.8) is 0 Å². The van der Waals surface area contributed by atoms with Crippen molar-refractivity contribution < 1.29 is 33.4 Å². The minimum atomic E-state index is -0.715. The number of ether oxygens (including phenoxy) is 2. The van der Waals surface area contributed by atoms with E-state index in [1.165, 1.54) is 41.3 Å². The lowest BCUT2D eigenvalue weighted by atomic mass is 9.85.